The number of amides is 1. The Labute approximate surface area is 202 Å². The quantitative estimate of drug-likeness (QED) is 0.537. The van der Waals surface area contributed by atoms with E-state index in [0.29, 0.717) is 48.8 Å². The standard InChI is InChI=1S/C24H27N5O4S/c1-16-5-3-4-6-19(16)29-23(28-9-11-31-12-10-28)26-27-24(29)34-17(2)22(30)25-18-7-8-20-21(15-18)33-14-13-32-20/h3-8,15,17H,9-14H2,1-2H3,(H,25,30). The van der Waals surface area contributed by atoms with E-state index in [9.17, 15) is 4.79 Å². The van der Waals surface area contributed by atoms with Gasteiger partial charge in [-0.05, 0) is 37.6 Å². The first-order chi connectivity index (χ1) is 16.6. The Kier molecular flexibility index (Phi) is 6.59. The summed E-state index contributed by atoms with van der Waals surface area (Å²) >= 11 is 1.38. The highest BCUT2D eigenvalue weighted by Crippen LogP contribution is 2.34. The SMILES string of the molecule is Cc1ccccc1-n1c(SC(C)C(=O)Nc2ccc3c(c2)OCCO3)nnc1N1CCOCC1. The highest BCUT2D eigenvalue weighted by atomic mass is 32.2. The van der Waals surface area contributed by atoms with E-state index in [2.05, 4.69) is 33.4 Å². The second-order valence-corrected chi connectivity index (χ2v) is 9.42. The molecule has 0 spiro atoms. The van der Waals surface area contributed by atoms with Crippen molar-refractivity contribution in [3.63, 3.8) is 0 Å². The Hall–Kier alpha value is -3.24. The van der Waals surface area contributed by atoms with Gasteiger partial charge in [-0.15, -0.1) is 10.2 Å². The highest BCUT2D eigenvalue weighted by Gasteiger charge is 2.26. The van der Waals surface area contributed by atoms with Crippen LogP contribution in [0.5, 0.6) is 11.5 Å². The zero-order chi connectivity index (χ0) is 23.5. The monoisotopic (exact) mass is 481 g/mol. The molecule has 2 aliphatic rings. The van der Waals surface area contributed by atoms with Crippen LogP contribution in [-0.2, 0) is 9.53 Å². The first kappa shape index (κ1) is 22.5. The number of benzene rings is 2. The maximum atomic E-state index is 13.0. The predicted molar refractivity (Wildman–Crippen MR) is 131 cm³/mol. The molecule has 2 aromatic carbocycles. The molecule has 0 radical (unpaired) electrons. The topological polar surface area (TPSA) is 90.7 Å². The molecule has 1 amide bonds. The van der Waals surface area contributed by atoms with E-state index in [4.69, 9.17) is 14.2 Å². The maximum absolute atomic E-state index is 13.0. The molecule has 0 saturated carbocycles. The van der Waals surface area contributed by atoms with Crippen LogP contribution in [0.25, 0.3) is 5.69 Å². The molecule has 1 fully saturated rings. The fourth-order valence-electron chi connectivity index (χ4n) is 3.91. The molecule has 10 heteroatoms. The number of aromatic nitrogens is 3. The molecule has 0 aliphatic carbocycles. The van der Waals surface area contributed by atoms with Crippen LogP contribution < -0.4 is 19.7 Å². The van der Waals surface area contributed by atoms with Crippen molar-refractivity contribution in [2.24, 2.45) is 0 Å². The maximum Gasteiger partial charge on any atom is 0.237 e. The molecule has 1 aromatic heterocycles. The third-order valence-electron chi connectivity index (χ3n) is 5.73. The van der Waals surface area contributed by atoms with Crippen LogP contribution in [0.4, 0.5) is 11.6 Å². The van der Waals surface area contributed by atoms with Gasteiger partial charge in [-0.3, -0.25) is 9.36 Å². The van der Waals surface area contributed by atoms with Crippen molar-refractivity contribution in [3.05, 3.63) is 48.0 Å². The number of nitrogens with zero attached hydrogens (tertiary/aromatic N) is 4. The number of carbonyl (C=O) groups excluding carboxylic acids is 1. The lowest BCUT2D eigenvalue weighted by atomic mass is 10.2. The lowest BCUT2D eigenvalue weighted by Gasteiger charge is -2.28. The van der Waals surface area contributed by atoms with E-state index in [1.807, 2.05) is 41.8 Å². The van der Waals surface area contributed by atoms with Crippen molar-refractivity contribution in [2.45, 2.75) is 24.3 Å². The van der Waals surface area contributed by atoms with Crippen LogP contribution in [0, 0.1) is 6.92 Å². The number of aryl methyl sites for hydroxylation is 1. The summed E-state index contributed by atoms with van der Waals surface area (Å²) in [6.07, 6.45) is 0. The lowest BCUT2D eigenvalue weighted by molar-refractivity contribution is -0.115. The second-order valence-electron chi connectivity index (χ2n) is 8.11. The molecule has 34 heavy (non-hydrogen) atoms. The predicted octanol–water partition coefficient (Wildman–Crippen LogP) is 3.30. The van der Waals surface area contributed by atoms with Gasteiger partial charge in [0.15, 0.2) is 16.7 Å². The van der Waals surface area contributed by atoms with Gasteiger partial charge < -0.3 is 24.4 Å². The molecule has 1 atom stereocenters. The number of nitrogens with one attached hydrogen (secondary N) is 1. The molecule has 5 rings (SSSR count). The van der Waals surface area contributed by atoms with E-state index >= 15 is 0 Å². The summed E-state index contributed by atoms with van der Waals surface area (Å²) in [4.78, 5) is 15.2. The molecule has 2 aliphatic heterocycles. The van der Waals surface area contributed by atoms with Crippen molar-refractivity contribution >= 4 is 29.3 Å². The second kappa shape index (κ2) is 9.94. The number of para-hydroxylation sites is 1. The van der Waals surface area contributed by atoms with Crippen LogP contribution in [-0.4, -0.2) is 65.4 Å². The number of fused-ring (bicyclic) bond motifs is 1. The minimum absolute atomic E-state index is 0.131. The van der Waals surface area contributed by atoms with Gasteiger partial charge >= 0.3 is 0 Å². The summed E-state index contributed by atoms with van der Waals surface area (Å²) in [5, 5.41) is 12.2. The van der Waals surface area contributed by atoms with Gasteiger partial charge in [0.1, 0.15) is 13.2 Å². The van der Waals surface area contributed by atoms with Gasteiger partial charge in [-0.25, -0.2) is 0 Å². The first-order valence-electron chi connectivity index (χ1n) is 11.3. The summed E-state index contributed by atoms with van der Waals surface area (Å²) in [6, 6.07) is 13.5. The minimum atomic E-state index is -0.405. The fraction of sp³-hybridized carbons (Fsp3) is 0.375. The number of morpholine rings is 1. The zero-order valence-electron chi connectivity index (χ0n) is 19.2. The lowest BCUT2D eigenvalue weighted by Crippen LogP contribution is -2.38. The van der Waals surface area contributed by atoms with Crippen LogP contribution in [0.3, 0.4) is 0 Å². The molecule has 9 nitrogen and oxygen atoms in total. The average Bonchev–Trinajstić information content (AvgIpc) is 3.28. The number of anilines is 2. The molecule has 0 bridgehead atoms. The number of thioether (sulfide) groups is 1. The van der Waals surface area contributed by atoms with Crippen molar-refractivity contribution in [3.8, 4) is 17.2 Å². The fourth-order valence-corrected chi connectivity index (χ4v) is 4.76. The van der Waals surface area contributed by atoms with Crippen LogP contribution in [0.15, 0.2) is 47.6 Å². The molecule has 3 aromatic rings. The van der Waals surface area contributed by atoms with Crippen molar-refractivity contribution < 1.29 is 19.0 Å². The van der Waals surface area contributed by atoms with Crippen molar-refractivity contribution in [1.82, 2.24) is 14.8 Å². The number of hydrogen-bond donors (Lipinski definition) is 1. The molecule has 1 unspecified atom stereocenters. The van der Waals surface area contributed by atoms with E-state index in [1.54, 1.807) is 6.07 Å². The van der Waals surface area contributed by atoms with E-state index in [0.717, 1.165) is 30.3 Å². The first-order valence-corrected chi connectivity index (χ1v) is 12.2. The molecule has 1 saturated heterocycles. The van der Waals surface area contributed by atoms with Crippen molar-refractivity contribution in [2.75, 3.05) is 49.7 Å². The van der Waals surface area contributed by atoms with Gasteiger partial charge in [0.25, 0.3) is 0 Å². The summed E-state index contributed by atoms with van der Waals surface area (Å²) in [6.45, 7) is 7.74. The number of rotatable bonds is 6. The van der Waals surface area contributed by atoms with Crippen LogP contribution in [0.1, 0.15) is 12.5 Å². The molecule has 3 heterocycles. The van der Waals surface area contributed by atoms with Gasteiger partial charge in [0.2, 0.25) is 11.9 Å². The van der Waals surface area contributed by atoms with Crippen molar-refractivity contribution in [1.29, 1.82) is 0 Å². The third kappa shape index (κ3) is 4.69. The van der Waals surface area contributed by atoms with Gasteiger partial charge in [0.05, 0.1) is 24.2 Å². The summed E-state index contributed by atoms with van der Waals surface area (Å²) < 4.78 is 18.7. The molecular weight excluding hydrogens is 454 g/mol. The average molecular weight is 482 g/mol. The van der Waals surface area contributed by atoms with Crippen LogP contribution >= 0.6 is 11.8 Å². The van der Waals surface area contributed by atoms with Gasteiger partial charge in [0, 0.05) is 24.8 Å². The Bertz CT molecular complexity index is 1180. The highest BCUT2D eigenvalue weighted by molar-refractivity contribution is 8.00. The minimum Gasteiger partial charge on any atom is -0.486 e. The summed E-state index contributed by atoms with van der Waals surface area (Å²) in [5.74, 6) is 1.96. The zero-order valence-corrected chi connectivity index (χ0v) is 20.0. The molecule has 1 N–H and O–H groups in total. The van der Waals surface area contributed by atoms with Gasteiger partial charge in [-0.1, -0.05) is 30.0 Å². The van der Waals surface area contributed by atoms with Gasteiger partial charge in [-0.2, -0.15) is 0 Å². The number of ether oxygens (including phenoxy) is 3. The molecule has 178 valence electrons. The van der Waals surface area contributed by atoms with E-state index in [1.165, 1.54) is 11.8 Å². The Morgan fingerprint density at radius 2 is 1.79 bits per heavy atom. The third-order valence-corrected chi connectivity index (χ3v) is 6.77. The van der Waals surface area contributed by atoms with E-state index < -0.39 is 5.25 Å². The number of carbonyl (C=O) groups is 1. The molecular formula is C24H27N5O4S. The summed E-state index contributed by atoms with van der Waals surface area (Å²) in [7, 11) is 0. The van der Waals surface area contributed by atoms with Crippen LogP contribution in [0.2, 0.25) is 0 Å². The summed E-state index contributed by atoms with van der Waals surface area (Å²) in [5.41, 5.74) is 2.76. The normalized spacial score (nSPS) is 16.2. The number of hydrogen-bond acceptors (Lipinski definition) is 8. The van der Waals surface area contributed by atoms with E-state index in [-0.39, 0.29) is 5.91 Å². The Morgan fingerprint density at radius 1 is 1.03 bits per heavy atom. The Balaban J connectivity index is 1.37. The smallest absolute Gasteiger partial charge is 0.237 e. The Morgan fingerprint density at radius 3 is 2.59 bits per heavy atom. The largest absolute Gasteiger partial charge is 0.486 e.